The van der Waals surface area contributed by atoms with E-state index in [0.717, 1.165) is 4.90 Å². The van der Waals surface area contributed by atoms with Crippen LogP contribution in [0.3, 0.4) is 0 Å². The Morgan fingerprint density at radius 1 is 1.47 bits per heavy atom. The molecule has 1 saturated carbocycles. The van der Waals surface area contributed by atoms with Crippen LogP contribution < -0.4 is 0 Å². The Labute approximate surface area is 97.6 Å². The fourth-order valence-corrected chi connectivity index (χ4v) is 2.84. The van der Waals surface area contributed by atoms with Gasteiger partial charge in [0.25, 0.3) is 0 Å². The van der Waals surface area contributed by atoms with Crippen LogP contribution in [0.25, 0.3) is 0 Å². The highest BCUT2D eigenvalue weighted by molar-refractivity contribution is 7.87. The summed E-state index contributed by atoms with van der Waals surface area (Å²) in [5.41, 5.74) is 0. The topological polar surface area (TPSA) is 91.8 Å². The maximum atomic E-state index is 12.8. The average molecular weight is 265 g/mol. The van der Waals surface area contributed by atoms with Gasteiger partial charge >= 0.3 is 16.2 Å². The van der Waals surface area contributed by atoms with E-state index >= 15 is 0 Å². The number of amides is 1. The van der Waals surface area contributed by atoms with Crippen LogP contribution in [-0.2, 0) is 19.8 Å². The second-order valence-electron chi connectivity index (χ2n) is 4.47. The highest BCUT2D eigenvalue weighted by Gasteiger charge is 2.48. The van der Waals surface area contributed by atoms with E-state index in [9.17, 15) is 21.9 Å². The first-order valence-corrected chi connectivity index (χ1v) is 6.71. The lowest BCUT2D eigenvalue weighted by Crippen LogP contribution is -2.44. The van der Waals surface area contributed by atoms with E-state index in [-0.39, 0.29) is 12.5 Å². The maximum Gasteiger partial charge on any atom is 0.326 e. The molecule has 1 saturated heterocycles. The molecule has 0 spiro atoms. The molecule has 2 unspecified atom stereocenters. The monoisotopic (exact) mass is 265 g/mol. The summed E-state index contributed by atoms with van der Waals surface area (Å²) in [6.45, 7) is -0.356. The molecule has 1 aliphatic heterocycles. The van der Waals surface area contributed by atoms with E-state index in [1.54, 1.807) is 0 Å². The number of hydrogen-bond acceptors (Lipinski definition) is 4. The molecule has 6 nitrogen and oxygen atoms in total. The number of carbonyl (C=O) groups excluding carboxylic acids is 1. The third kappa shape index (κ3) is 2.41. The van der Waals surface area contributed by atoms with Crippen LogP contribution in [0.2, 0.25) is 0 Å². The number of carboxylic acid groups (broad SMARTS) is 1. The van der Waals surface area contributed by atoms with Gasteiger partial charge in [-0.15, -0.1) is 3.89 Å². The minimum atomic E-state index is -4.79. The minimum Gasteiger partial charge on any atom is -0.480 e. The molecule has 2 fully saturated rings. The predicted octanol–water partition coefficient (Wildman–Crippen LogP) is -0.250. The van der Waals surface area contributed by atoms with Gasteiger partial charge in [0.1, 0.15) is 11.3 Å². The Morgan fingerprint density at radius 3 is 2.41 bits per heavy atom. The number of likely N-dealkylation sites (tertiary alicyclic amines) is 1. The first-order valence-electron chi connectivity index (χ1n) is 5.26. The lowest BCUT2D eigenvalue weighted by atomic mass is 10.1. The number of hydrogen-bond donors (Lipinski definition) is 1. The molecular weight excluding hydrogens is 253 g/mol. The van der Waals surface area contributed by atoms with Crippen molar-refractivity contribution in [3.63, 3.8) is 0 Å². The first-order chi connectivity index (χ1) is 7.80. The summed E-state index contributed by atoms with van der Waals surface area (Å²) in [6.07, 6.45) is 0.941. The van der Waals surface area contributed by atoms with Gasteiger partial charge in [-0.25, -0.2) is 4.79 Å². The maximum absolute atomic E-state index is 12.8. The molecule has 96 valence electrons. The predicted molar refractivity (Wildman–Crippen MR) is 54.3 cm³/mol. The van der Waals surface area contributed by atoms with Gasteiger partial charge in [0.2, 0.25) is 5.91 Å². The second-order valence-corrected chi connectivity index (χ2v) is 6.09. The molecule has 2 rings (SSSR count). The van der Waals surface area contributed by atoms with E-state index in [2.05, 4.69) is 0 Å². The van der Waals surface area contributed by atoms with E-state index in [4.69, 9.17) is 5.11 Å². The molecule has 1 heterocycles. The van der Waals surface area contributed by atoms with Gasteiger partial charge in [-0.3, -0.25) is 4.79 Å². The first kappa shape index (κ1) is 12.3. The van der Waals surface area contributed by atoms with Crippen molar-refractivity contribution in [2.24, 2.45) is 5.92 Å². The Kier molecular flexibility index (Phi) is 2.84. The zero-order valence-electron chi connectivity index (χ0n) is 8.87. The third-order valence-corrected chi connectivity index (χ3v) is 4.29. The molecule has 0 aromatic heterocycles. The van der Waals surface area contributed by atoms with Crippen LogP contribution in [0.1, 0.15) is 19.3 Å². The van der Waals surface area contributed by atoms with Gasteiger partial charge in [-0.2, -0.15) is 8.42 Å². The summed E-state index contributed by atoms with van der Waals surface area (Å²) >= 11 is 0. The number of aliphatic carboxylic acids is 1. The van der Waals surface area contributed by atoms with Crippen molar-refractivity contribution in [3.05, 3.63) is 0 Å². The van der Waals surface area contributed by atoms with Crippen molar-refractivity contribution in [1.29, 1.82) is 0 Å². The summed E-state index contributed by atoms with van der Waals surface area (Å²) < 4.78 is 34.2. The van der Waals surface area contributed by atoms with E-state index in [1.807, 2.05) is 0 Å². The molecule has 8 heteroatoms. The number of nitrogens with zero attached hydrogens (tertiary/aromatic N) is 1. The number of carbonyl (C=O) groups is 2. The number of halogens is 1. The minimum absolute atomic E-state index is 0.127. The van der Waals surface area contributed by atoms with Crippen molar-refractivity contribution >= 4 is 22.1 Å². The van der Waals surface area contributed by atoms with Gasteiger partial charge in [0.15, 0.2) is 0 Å². The SMILES string of the molecule is O=C(O)C(C1CC1)N1CC(S(=O)(=O)F)CC1=O. The Hall–Kier alpha value is -1.18. The Bertz CT molecular complexity index is 458. The van der Waals surface area contributed by atoms with Crippen LogP contribution >= 0.6 is 0 Å². The summed E-state index contributed by atoms with van der Waals surface area (Å²) in [4.78, 5) is 23.6. The summed E-state index contributed by atoms with van der Waals surface area (Å²) in [6, 6.07) is -1.01. The highest BCUT2D eigenvalue weighted by Crippen LogP contribution is 2.37. The van der Waals surface area contributed by atoms with Crippen LogP contribution in [-0.4, -0.2) is 48.1 Å². The van der Waals surface area contributed by atoms with E-state index < -0.39 is 39.8 Å². The number of rotatable bonds is 4. The van der Waals surface area contributed by atoms with Crippen molar-refractivity contribution in [2.75, 3.05) is 6.54 Å². The van der Waals surface area contributed by atoms with E-state index in [1.165, 1.54) is 0 Å². The molecule has 0 bridgehead atoms. The standard InChI is InChI=1S/C9H12FNO5S/c10-17(15,16)6-3-7(12)11(4-6)8(9(13)14)5-1-2-5/h5-6,8H,1-4H2,(H,13,14). The van der Waals surface area contributed by atoms with Gasteiger partial charge in [-0.1, -0.05) is 0 Å². The van der Waals surface area contributed by atoms with E-state index in [0.29, 0.717) is 12.8 Å². The largest absolute Gasteiger partial charge is 0.480 e. The summed E-state index contributed by atoms with van der Waals surface area (Å²) in [5.74, 6) is -1.88. The molecule has 2 atom stereocenters. The molecular formula is C9H12FNO5S. The molecule has 1 N–H and O–H groups in total. The average Bonchev–Trinajstić information content (AvgIpc) is 2.90. The summed E-state index contributed by atoms with van der Waals surface area (Å²) in [7, 11) is -4.79. The van der Waals surface area contributed by atoms with Crippen LogP contribution in [0.4, 0.5) is 3.89 Å². The van der Waals surface area contributed by atoms with Crippen molar-refractivity contribution in [3.8, 4) is 0 Å². The van der Waals surface area contributed by atoms with Gasteiger partial charge in [0.05, 0.1) is 0 Å². The molecule has 0 aromatic carbocycles. The molecule has 0 radical (unpaired) electrons. The normalized spacial score (nSPS) is 27.2. The molecule has 1 aliphatic carbocycles. The van der Waals surface area contributed by atoms with Crippen molar-refractivity contribution in [2.45, 2.75) is 30.6 Å². The van der Waals surface area contributed by atoms with Gasteiger partial charge < -0.3 is 10.0 Å². The van der Waals surface area contributed by atoms with Gasteiger partial charge in [0, 0.05) is 13.0 Å². The lowest BCUT2D eigenvalue weighted by Gasteiger charge is -2.24. The number of carboxylic acids is 1. The van der Waals surface area contributed by atoms with Crippen LogP contribution in [0, 0.1) is 5.92 Å². The lowest BCUT2D eigenvalue weighted by molar-refractivity contribution is -0.149. The quantitative estimate of drug-likeness (QED) is 0.708. The zero-order valence-corrected chi connectivity index (χ0v) is 9.69. The smallest absolute Gasteiger partial charge is 0.326 e. The summed E-state index contributed by atoms with van der Waals surface area (Å²) in [5, 5.41) is 7.59. The van der Waals surface area contributed by atoms with Crippen molar-refractivity contribution in [1.82, 2.24) is 4.90 Å². The van der Waals surface area contributed by atoms with Crippen LogP contribution in [0.5, 0.6) is 0 Å². The fraction of sp³-hybridized carbons (Fsp3) is 0.778. The Morgan fingerprint density at radius 2 is 2.06 bits per heavy atom. The highest BCUT2D eigenvalue weighted by atomic mass is 32.3. The zero-order chi connectivity index (χ0) is 12.8. The molecule has 2 aliphatic rings. The molecule has 0 aromatic rings. The fourth-order valence-electron chi connectivity index (χ4n) is 2.16. The Balaban J connectivity index is 2.17. The molecule has 1 amide bonds. The molecule has 17 heavy (non-hydrogen) atoms. The third-order valence-electron chi connectivity index (χ3n) is 3.18. The van der Waals surface area contributed by atoms with Crippen molar-refractivity contribution < 1.29 is 27.0 Å². The van der Waals surface area contributed by atoms with Gasteiger partial charge in [-0.05, 0) is 18.8 Å². The van der Waals surface area contributed by atoms with Crippen LogP contribution in [0.15, 0.2) is 0 Å². The second kappa shape index (κ2) is 3.94.